The van der Waals surface area contributed by atoms with Crippen LogP contribution in [-0.4, -0.2) is 54.9 Å². The Morgan fingerprint density at radius 2 is 1.91 bits per heavy atom. The predicted molar refractivity (Wildman–Crippen MR) is 119 cm³/mol. The van der Waals surface area contributed by atoms with Gasteiger partial charge in [0, 0.05) is 36.1 Å². The second kappa shape index (κ2) is 9.22. The summed E-state index contributed by atoms with van der Waals surface area (Å²) in [7, 11) is -3.89. The number of ether oxygens (including phenoxy) is 1. The number of morpholine rings is 1. The largest absolute Gasteiger partial charge is 0.379 e. The van der Waals surface area contributed by atoms with Gasteiger partial charge in [-0.15, -0.1) is 0 Å². The molecular weight excluding hydrogens is 451 g/mol. The first kappa shape index (κ1) is 22.8. The van der Waals surface area contributed by atoms with Crippen molar-refractivity contribution in [2.75, 3.05) is 31.6 Å². The van der Waals surface area contributed by atoms with E-state index in [1.165, 1.54) is 10.4 Å². The summed E-state index contributed by atoms with van der Waals surface area (Å²) >= 11 is 0. The normalized spacial score (nSPS) is 14.7. The molecular formula is C22H21FN4O5S. The van der Waals surface area contributed by atoms with Crippen LogP contribution in [0.3, 0.4) is 0 Å². The van der Waals surface area contributed by atoms with E-state index in [2.05, 4.69) is 15.3 Å². The number of H-pyrrole nitrogens is 1. The number of carbonyl (C=O) groups is 1. The number of rotatable bonds is 5. The van der Waals surface area contributed by atoms with Crippen LogP contribution in [0.4, 0.5) is 10.1 Å². The molecule has 2 aromatic carbocycles. The number of amides is 1. The van der Waals surface area contributed by atoms with Crippen molar-refractivity contribution in [1.29, 1.82) is 0 Å². The molecule has 172 valence electrons. The van der Waals surface area contributed by atoms with Gasteiger partial charge in [-0.05, 0) is 37.3 Å². The lowest BCUT2D eigenvalue weighted by molar-refractivity contribution is 0.0730. The smallest absolute Gasteiger partial charge is 0.258 e. The Morgan fingerprint density at radius 1 is 1.15 bits per heavy atom. The monoisotopic (exact) mass is 472 g/mol. The number of carbonyl (C=O) groups excluding carboxylic acids is 1. The number of anilines is 1. The Bertz CT molecular complexity index is 1370. The third-order valence-electron chi connectivity index (χ3n) is 5.05. The van der Waals surface area contributed by atoms with Gasteiger partial charge in [-0.3, -0.25) is 9.59 Å². The zero-order valence-corrected chi connectivity index (χ0v) is 18.5. The van der Waals surface area contributed by atoms with Gasteiger partial charge in [0.1, 0.15) is 11.6 Å². The van der Waals surface area contributed by atoms with Crippen LogP contribution in [0.5, 0.6) is 0 Å². The first-order chi connectivity index (χ1) is 15.7. The molecule has 11 heteroatoms. The Balaban J connectivity index is 1.60. The van der Waals surface area contributed by atoms with E-state index in [9.17, 15) is 22.4 Å². The van der Waals surface area contributed by atoms with Crippen LogP contribution in [0.1, 0.15) is 16.1 Å². The highest BCUT2D eigenvalue weighted by Gasteiger charge is 2.28. The summed E-state index contributed by atoms with van der Waals surface area (Å²) in [6, 6.07) is 11.0. The topological polar surface area (TPSA) is 121 Å². The number of sulfonamides is 1. The molecule has 0 radical (unpaired) electrons. The van der Waals surface area contributed by atoms with Gasteiger partial charge in [0.25, 0.3) is 11.5 Å². The minimum atomic E-state index is -3.89. The molecule has 0 saturated carbocycles. The first-order valence-electron chi connectivity index (χ1n) is 10.1. The Morgan fingerprint density at radius 3 is 2.64 bits per heavy atom. The highest BCUT2D eigenvalue weighted by molar-refractivity contribution is 7.89. The molecule has 0 spiro atoms. The maximum Gasteiger partial charge on any atom is 0.258 e. The number of nitrogens with one attached hydrogen (secondary N) is 2. The Kier molecular flexibility index (Phi) is 6.36. The van der Waals surface area contributed by atoms with Crippen molar-refractivity contribution in [2.45, 2.75) is 11.8 Å². The molecule has 0 bridgehead atoms. The molecule has 1 aliphatic rings. The minimum Gasteiger partial charge on any atom is -0.379 e. The van der Waals surface area contributed by atoms with Crippen molar-refractivity contribution in [2.24, 2.45) is 0 Å². The maximum atomic E-state index is 14.4. The van der Waals surface area contributed by atoms with E-state index in [0.717, 1.165) is 18.2 Å². The molecule has 0 atom stereocenters. The van der Waals surface area contributed by atoms with Crippen LogP contribution in [0.15, 0.2) is 58.2 Å². The minimum absolute atomic E-state index is 0.175. The van der Waals surface area contributed by atoms with E-state index in [-0.39, 0.29) is 36.8 Å². The first-order valence-corrected chi connectivity index (χ1v) is 11.6. The van der Waals surface area contributed by atoms with Gasteiger partial charge in [0.2, 0.25) is 10.0 Å². The van der Waals surface area contributed by atoms with Crippen molar-refractivity contribution in [1.82, 2.24) is 14.3 Å². The summed E-state index contributed by atoms with van der Waals surface area (Å²) in [5.41, 5.74) is 0.674. The molecule has 1 aromatic heterocycles. The molecule has 1 aliphatic heterocycles. The van der Waals surface area contributed by atoms with Crippen molar-refractivity contribution in [3.05, 3.63) is 76.0 Å². The van der Waals surface area contributed by atoms with Gasteiger partial charge < -0.3 is 15.0 Å². The fraction of sp³-hybridized carbons (Fsp3) is 0.227. The van der Waals surface area contributed by atoms with Gasteiger partial charge in [0.15, 0.2) is 0 Å². The van der Waals surface area contributed by atoms with Crippen LogP contribution >= 0.6 is 0 Å². The second-order valence-electron chi connectivity index (χ2n) is 7.43. The number of benzene rings is 2. The number of aromatic nitrogens is 2. The van der Waals surface area contributed by atoms with Gasteiger partial charge in [0.05, 0.1) is 23.7 Å². The van der Waals surface area contributed by atoms with E-state index in [1.54, 1.807) is 31.2 Å². The summed E-state index contributed by atoms with van der Waals surface area (Å²) in [5, 5.41) is 2.57. The quantitative estimate of drug-likeness (QED) is 0.587. The lowest BCUT2D eigenvalue weighted by Gasteiger charge is -2.26. The molecule has 2 N–H and O–H groups in total. The number of halogens is 1. The van der Waals surface area contributed by atoms with Crippen LogP contribution in [-0.2, 0) is 14.8 Å². The third kappa shape index (κ3) is 5.00. The summed E-state index contributed by atoms with van der Waals surface area (Å²) in [6.07, 6.45) is 0. The van der Waals surface area contributed by atoms with Crippen molar-refractivity contribution < 1.29 is 22.3 Å². The fourth-order valence-corrected chi connectivity index (χ4v) is 4.87. The summed E-state index contributed by atoms with van der Waals surface area (Å²) < 4.78 is 46.6. The molecule has 1 fully saturated rings. The summed E-state index contributed by atoms with van der Waals surface area (Å²) in [6.45, 7) is 2.59. The maximum absolute atomic E-state index is 14.4. The highest BCUT2D eigenvalue weighted by Crippen LogP contribution is 2.23. The molecule has 4 rings (SSSR count). The number of aromatic amines is 1. The van der Waals surface area contributed by atoms with Crippen LogP contribution in [0, 0.1) is 12.7 Å². The molecule has 1 amide bonds. The Hall–Kier alpha value is -3.41. The van der Waals surface area contributed by atoms with Gasteiger partial charge >= 0.3 is 0 Å². The van der Waals surface area contributed by atoms with E-state index < -0.39 is 27.3 Å². The highest BCUT2D eigenvalue weighted by atomic mass is 32.2. The van der Waals surface area contributed by atoms with Crippen molar-refractivity contribution in [3.8, 4) is 11.4 Å². The van der Waals surface area contributed by atoms with Crippen LogP contribution < -0.4 is 10.9 Å². The second-order valence-corrected chi connectivity index (χ2v) is 9.37. The van der Waals surface area contributed by atoms with Crippen LogP contribution in [0.25, 0.3) is 11.4 Å². The summed E-state index contributed by atoms with van der Waals surface area (Å²) in [4.78, 5) is 31.2. The molecule has 9 nitrogen and oxygen atoms in total. The number of aryl methyl sites for hydroxylation is 1. The summed E-state index contributed by atoms with van der Waals surface area (Å²) in [5.74, 6) is -1.34. The molecule has 33 heavy (non-hydrogen) atoms. The molecule has 1 saturated heterocycles. The third-order valence-corrected chi connectivity index (χ3v) is 6.95. The SMILES string of the molecule is Cc1cc(=O)[nH]c(-c2cccc(NC(=O)c3cc(S(=O)(=O)N4CCOCC4)ccc3F)c2)n1. The standard InChI is InChI=1S/C22H21FN4O5S/c1-14-11-20(28)26-21(24-14)15-3-2-4-16(12-15)25-22(29)18-13-17(5-6-19(18)23)33(30,31)27-7-9-32-10-8-27/h2-6,11-13H,7-10H2,1H3,(H,25,29)(H,24,26,28). The van der Waals surface area contributed by atoms with E-state index in [4.69, 9.17) is 4.74 Å². The molecule has 0 unspecified atom stereocenters. The number of hydrogen-bond donors (Lipinski definition) is 2. The average Bonchev–Trinajstić information content (AvgIpc) is 2.79. The molecule has 2 heterocycles. The van der Waals surface area contributed by atoms with Crippen LogP contribution in [0.2, 0.25) is 0 Å². The van der Waals surface area contributed by atoms with Gasteiger partial charge in [-0.25, -0.2) is 17.8 Å². The van der Waals surface area contributed by atoms with Gasteiger partial charge in [-0.2, -0.15) is 4.31 Å². The zero-order valence-electron chi connectivity index (χ0n) is 17.7. The average molecular weight is 472 g/mol. The van der Waals surface area contributed by atoms with Crippen molar-refractivity contribution in [3.63, 3.8) is 0 Å². The lowest BCUT2D eigenvalue weighted by atomic mass is 10.1. The predicted octanol–water partition coefficient (Wildman–Crippen LogP) is 2.16. The molecule has 0 aliphatic carbocycles. The number of nitrogens with zero attached hydrogens (tertiary/aromatic N) is 2. The van der Waals surface area contributed by atoms with E-state index in [1.807, 2.05) is 0 Å². The number of hydrogen-bond acceptors (Lipinski definition) is 6. The lowest BCUT2D eigenvalue weighted by Crippen LogP contribution is -2.40. The zero-order chi connectivity index (χ0) is 23.6. The van der Waals surface area contributed by atoms with Gasteiger partial charge in [-0.1, -0.05) is 12.1 Å². The van der Waals surface area contributed by atoms with E-state index >= 15 is 0 Å². The molecule has 3 aromatic rings. The Labute approximate surface area is 189 Å². The van der Waals surface area contributed by atoms with E-state index in [0.29, 0.717) is 22.8 Å². The van der Waals surface area contributed by atoms with Crippen molar-refractivity contribution >= 4 is 21.6 Å². The fourth-order valence-electron chi connectivity index (χ4n) is 3.43.